The van der Waals surface area contributed by atoms with E-state index < -0.39 is 0 Å². The van der Waals surface area contributed by atoms with Crippen molar-refractivity contribution in [2.24, 2.45) is 5.41 Å². The molecule has 1 amide bonds. The Balaban J connectivity index is 2.10. The van der Waals surface area contributed by atoms with Crippen LogP contribution in [0, 0.1) is 5.41 Å². The highest BCUT2D eigenvalue weighted by Crippen LogP contribution is 2.35. The van der Waals surface area contributed by atoms with E-state index in [1.807, 2.05) is 0 Å². The van der Waals surface area contributed by atoms with Gasteiger partial charge in [0.15, 0.2) is 0 Å². The molecule has 1 aliphatic carbocycles. The Morgan fingerprint density at radius 2 is 2.16 bits per heavy atom. The fraction of sp³-hybridized carbons (Fsp3) is 0.533. The second-order valence-corrected chi connectivity index (χ2v) is 6.40. The van der Waals surface area contributed by atoms with Gasteiger partial charge in [0.25, 0.3) is 5.91 Å². The lowest BCUT2D eigenvalue weighted by atomic mass is 9.73. The van der Waals surface area contributed by atoms with Crippen molar-refractivity contribution in [3.8, 4) is 0 Å². The zero-order chi connectivity index (χ0) is 14.0. The van der Waals surface area contributed by atoms with Crippen molar-refractivity contribution in [2.45, 2.75) is 45.6 Å². The summed E-state index contributed by atoms with van der Waals surface area (Å²) < 4.78 is 0. The van der Waals surface area contributed by atoms with Crippen LogP contribution in [0.3, 0.4) is 0 Å². The molecular weight excluding hydrogens is 260 g/mol. The van der Waals surface area contributed by atoms with E-state index in [1.165, 1.54) is 12.8 Å². The minimum Gasteiger partial charge on any atom is -0.398 e. The second kappa shape index (κ2) is 5.41. The van der Waals surface area contributed by atoms with Gasteiger partial charge in [0.2, 0.25) is 0 Å². The average molecular weight is 281 g/mol. The van der Waals surface area contributed by atoms with E-state index in [1.54, 1.807) is 18.2 Å². The van der Waals surface area contributed by atoms with Crippen molar-refractivity contribution in [1.29, 1.82) is 0 Å². The summed E-state index contributed by atoms with van der Waals surface area (Å²) >= 11 is 5.95. The molecule has 3 nitrogen and oxygen atoms in total. The Kier molecular flexibility index (Phi) is 4.04. The summed E-state index contributed by atoms with van der Waals surface area (Å²) in [5, 5.41) is 3.56. The standard InChI is InChI=1S/C15H21ClN2O/c1-15(2)8-4-3-5-13(15)18-14(19)10-6-7-12(17)11(16)9-10/h6-7,9,13H,3-5,8,17H2,1-2H3,(H,18,19). The lowest BCUT2D eigenvalue weighted by Crippen LogP contribution is -2.46. The number of benzene rings is 1. The van der Waals surface area contributed by atoms with Crippen molar-refractivity contribution >= 4 is 23.2 Å². The van der Waals surface area contributed by atoms with Gasteiger partial charge in [0, 0.05) is 11.6 Å². The minimum atomic E-state index is -0.0677. The van der Waals surface area contributed by atoms with Gasteiger partial charge in [-0.1, -0.05) is 38.3 Å². The van der Waals surface area contributed by atoms with E-state index >= 15 is 0 Å². The number of rotatable bonds is 2. The normalized spacial score (nSPS) is 21.9. The van der Waals surface area contributed by atoms with Crippen molar-refractivity contribution in [1.82, 2.24) is 5.32 Å². The molecule has 0 aromatic heterocycles. The van der Waals surface area contributed by atoms with E-state index in [2.05, 4.69) is 19.2 Å². The number of nitrogens with two attached hydrogens (primary N) is 1. The molecule has 1 unspecified atom stereocenters. The topological polar surface area (TPSA) is 55.1 Å². The third kappa shape index (κ3) is 3.21. The molecule has 1 saturated carbocycles. The quantitative estimate of drug-likeness (QED) is 0.813. The summed E-state index contributed by atoms with van der Waals surface area (Å²) in [7, 11) is 0. The number of amides is 1. The van der Waals surface area contributed by atoms with Crippen LogP contribution in [-0.2, 0) is 0 Å². The number of nitrogens with one attached hydrogen (secondary N) is 1. The van der Waals surface area contributed by atoms with Gasteiger partial charge in [-0.05, 0) is 36.5 Å². The first-order chi connectivity index (χ1) is 8.90. The lowest BCUT2D eigenvalue weighted by Gasteiger charge is -2.39. The number of hydrogen-bond acceptors (Lipinski definition) is 2. The van der Waals surface area contributed by atoms with Gasteiger partial charge in [0.1, 0.15) is 0 Å². The lowest BCUT2D eigenvalue weighted by molar-refractivity contribution is 0.0853. The molecule has 1 atom stereocenters. The Hall–Kier alpha value is -1.22. The van der Waals surface area contributed by atoms with E-state index in [0.717, 1.165) is 12.8 Å². The van der Waals surface area contributed by atoms with Crippen LogP contribution in [0.4, 0.5) is 5.69 Å². The first kappa shape index (κ1) is 14.2. The molecule has 0 radical (unpaired) electrons. The predicted molar refractivity (Wildman–Crippen MR) is 79.4 cm³/mol. The number of nitrogen functional groups attached to an aromatic ring is 1. The van der Waals surface area contributed by atoms with Gasteiger partial charge in [-0.2, -0.15) is 0 Å². The maximum Gasteiger partial charge on any atom is 0.251 e. The summed E-state index contributed by atoms with van der Waals surface area (Å²) in [4.78, 5) is 12.3. The van der Waals surface area contributed by atoms with Crippen molar-refractivity contribution < 1.29 is 4.79 Å². The van der Waals surface area contributed by atoms with Crippen LogP contribution in [-0.4, -0.2) is 11.9 Å². The Morgan fingerprint density at radius 3 is 2.79 bits per heavy atom. The number of carbonyl (C=O) groups is 1. The van der Waals surface area contributed by atoms with Gasteiger partial charge >= 0.3 is 0 Å². The van der Waals surface area contributed by atoms with Crippen LogP contribution >= 0.6 is 11.6 Å². The molecule has 1 aromatic carbocycles. The average Bonchev–Trinajstić information content (AvgIpc) is 2.35. The van der Waals surface area contributed by atoms with Crippen LogP contribution in [0.2, 0.25) is 5.02 Å². The summed E-state index contributed by atoms with van der Waals surface area (Å²) in [5.74, 6) is -0.0677. The summed E-state index contributed by atoms with van der Waals surface area (Å²) in [6.07, 6.45) is 4.62. The van der Waals surface area contributed by atoms with Crippen LogP contribution in [0.1, 0.15) is 49.9 Å². The third-order valence-electron chi connectivity index (χ3n) is 4.08. The first-order valence-electron chi connectivity index (χ1n) is 6.76. The molecule has 19 heavy (non-hydrogen) atoms. The molecule has 104 valence electrons. The van der Waals surface area contributed by atoms with Gasteiger partial charge in [-0.15, -0.1) is 0 Å². The largest absolute Gasteiger partial charge is 0.398 e. The van der Waals surface area contributed by atoms with Gasteiger partial charge in [0.05, 0.1) is 10.7 Å². The molecule has 3 N–H and O–H groups in total. The van der Waals surface area contributed by atoms with Crippen LogP contribution < -0.4 is 11.1 Å². The smallest absolute Gasteiger partial charge is 0.251 e. The molecule has 1 fully saturated rings. The van der Waals surface area contributed by atoms with E-state index in [-0.39, 0.29) is 17.4 Å². The number of carbonyl (C=O) groups excluding carboxylic acids is 1. The highest BCUT2D eigenvalue weighted by molar-refractivity contribution is 6.33. The Morgan fingerprint density at radius 1 is 1.42 bits per heavy atom. The molecule has 0 bridgehead atoms. The monoisotopic (exact) mass is 280 g/mol. The molecule has 0 saturated heterocycles. The predicted octanol–water partition coefficient (Wildman–Crippen LogP) is 3.62. The Bertz CT molecular complexity index is 485. The fourth-order valence-electron chi connectivity index (χ4n) is 2.67. The van der Waals surface area contributed by atoms with Crippen molar-refractivity contribution in [3.63, 3.8) is 0 Å². The highest BCUT2D eigenvalue weighted by atomic mass is 35.5. The maximum atomic E-state index is 12.3. The molecule has 4 heteroatoms. The SMILES string of the molecule is CC1(C)CCCCC1NC(=O)c1ccc(N)c(Cl)c1. The van der Waals surface area contributed by atoms with E-state index in [4.69, 9.17) is 17.3 Å². The molecule has 0 heterocycles. The maximum absolute atomic E-state index is 12.3. The fourth-order valence-corrected chi connectivity index (χ4v) is 2.85. The molecule has 0 aliphatic heterocycles. The van der Waals surface area contributed by atoms with Crippen LogP contribution in [0.25, 0.3) is 0 Å². The summed E-state index contributed by atoms with van der Waals surface area (Å²) in [6, 6.07) is 5.24. The number of halogens is 1. The van der Waals surface area contributed by atoms with Gasteiger partial charge in [-0.3, -0.25) is 4.79 Å². The highest BCUT2D eigenvalue weighted by Gasteiger charge is 2.33. The zero-order valence-electron chi connectivity index (χ0n) is 11.5. The van der Waals surface area contributed by atoms with Crippen molar-refractivity contribution in [2.75, 3.05) is 5.73 Å². The zero-order valence-corrected chi connectivity index (χ0v) is 12.3. The third-order valence-corrected chi connectivity index (χ3v) is 4.40. The number of hydrogen-bond donors (Lipinski definition) is 2. The van der Waals surface area contributed by atoms with E-state index in [0.29, 0.717) is 16.3 Å². The summed E-state index contributed by atoms with van der Waals surface area (Å²) in [6.45, 7) is 4.43. The number of anilines is 1. The van der Waals surface area contributed by atoms with Gasteiger partial charge < -0.3 is 11.1 Å². The van der Waals surface area contributed by atoms with Crippen LogP contribution in [0.15, 0.2) is 18.2 Å². The molecule has 1 aliphatic rings. The van der Waals surface area contributed by atoms with Crippen LogP contribution in [0.5, 0.6) is 0 Å². The summed E-state index contributed by atoms with van der Waals surface area (Å²) in [5.41, 5.74) is 6.88. The van der Waals surface area contributed by atoms with E-state index in [9.17, 15) is 4.79 Å². The second-order valence-electron chi connectivity index (χ2n) is 6.00. The molecule has 0 spiro atoms. The molecule has 2 rings (SSSR count). The Labute approximate surface area is 119 Å². The van der Waals surface area contributed by atoms with Crippen molar-refractivity contribution in [3.05, 3.63) is 28.8 Å². The molecular formula is C15H21ClN2O. The first-order valence-corrected chi connectivity index (χ1v) is 7.14. The minimum absolute atomic E-state index is 0.0677. The molecule has 1 aromatic rings. The van der Waals surface area contributed by atoms with Gasteiger partial charge in [-0.25, -0.2) is 0 Å².